The maximum Gasteiger partial charge on any atom is 0.230 e. The first-order valence-corrected chi connectivity index (χ1v) is 4.46. The third-order valence-corrected chi connectivity index (χ3v) is 2.31. The molecule has 1 aromatic rings. The summed E-state index contributed by atoms with van der Waals surface area (Å²) in [5, 5.41) is 2.74. The molecule has 70 valence electrons. The third-order valence-electron chi connectivity index (χ3n) is 2.31. The molecule has 0 saturated heterocycles. The Balaban J connectivity index is 0.000000980. The van der Waals surface area contributed by atoms with Crippen molar-refractivity contribution in [3.63, 3.8) is 0 Å². The SMILES string of the molecule is CC(C)c1ccnc2c1CC(=O)N2.[HH]. The van der Waals surface area contributed by atoms with Gasteiger partial charge in [0.1, 0.15) is 5.82 Å². The van der Waals surface area contributed by atoms with E-state index in [2.05, 4.69) is 24.1 Å². The smallest absolute Gasteiger partial charge is 0.230 e. The first-order valence-electron chi connectivity index (χ1n) is 4.46. The van der Waals surface area contributed by atoms with Gasteiger partial charge in [-0.05, 0) is 17.5 Å². The second kappa shape index (κ2) is 2.83. The number of hydrogen-bond acceptors (Lipinski definition) is 2. The summed E-state index contributed by atoms with van der Waals surface area (Å²) in [6.07, 6.45) is 2.23. The normalized spacial score (nSPS) is 14.5. The van der Waals surface area contributed by atoms with Gasteiger partial charge in [0.2, 0.25) is 5.91 Å². The topological polar surface area (TPSA) is 42.0 Å². The number of amides is 1. The number of hydrogen-bond donors (Lipinski definition) is 1. The molecular formula is C10H14N2O. The molecule has 1 amide bonds. The number of nitrogens with one attached hydrogen (secondary N) is 1. The van der Waals surface area contributed by atoms with Gasteiger partial charge in [0.25, 0.3) is 0 Å². The van der Waals surface area contributed by atoms with Gasteiger partial charge in [-0.25, -0.2) is 4.98 Å². The van der Waals surface area contributed by atoms with Gasteiger partial charge in [-0.15, -0.1) is 0 Å². The Morgan fingerprint density at radius 1 is 1.62 bits per heavy atom. The Morgan fingerprint density at radius 2 is 2.38 bits per heavy atom. The van der Waals surface area contributed by atoms with Crippen LogP contribution >= 0.6 is 0 Å². The van der Waals surface area contributed by atoms with Gasteiger partial charge in [-0.2, -0.15) is 0 Å². The van der Waals surface area contributed by atoms with Gasteiger partial charge >= 0.3 is 0 Å². The van der Waals surface area contributed by atoms with Crippen molar-refractivity contribution >= 4 is 11.7 Å². The molecule has 0 saturated carbocycles. The van der Waals surface area contributed by atoms with Crippen LogP contribution in [0.15, 0.2) is 12.3 Å². The van der Waals surface area contributed by atoms with E-state index in [1.165, 1.54) is 5.56 Å². The molecule has 1 aliphatic rings. The van der Waals surface area contributed by atoms with Gasteiger partial charge in [0, 0.05) is 13.2 Å². The highest BCUT2D eigenvalue weighted by molar-refractivity contribution is 5.98. The predicted molar refractivity (Wildman–Crippen MR) is 52.8 cm³/mol. The molecular weight excluding hydrogens is 164 g/mol. The van der Waals surface area contributed by atoms with Crippen molar-refractivity contribution in [3.05, 3.63) is 23.4 Å². The Kier molecular flexibility index (Phi) is 1.79. The molecule has 0 bridgehead atoms. The van der Waals surface area contributed by atoms with Gasteiger partial charge in [0.15, 0.2) is 0 Å². The molecule has 3 nitrogen and oxygen atoms in total. The van der Waals surface area contributed by atoms with E-state index in [1.807, 2.05) is 6.07 Å². The summed E-state index contributed by atoms with van der Waals surface area (Å²) in [5.74, 6) is 1.25. The molecule has 2 heterocycles. The molecule has 0 spiro atoms. The minimum Gasteiger partial charge on any atom is -0.310 e. The van der Waals surface area contributed by atoms with Crippen molar-refractivity contribution in [2.24, 2.45) is 0 Å². The molecule has 1 aliphatic heterocycles. The van der Waals surface area contributed by atoms with E-state index in [9.17, 15) is 4.79 Å². The fraction of sp³-hybridized carbons (Fsp3) is 0.400. The minimum atomic E-state index is 0. The summed E-state index contributed by atoms with van der Waals surface area (Å²) in [7, 11) is 0. The first kappa shape index (κ1) is 8.23. The molecule has 0 atom stereocenters. The van der Waals surface area contributed by atoms with Crippen LogP contribution in [0.5, 0.6) is 0 Å². The van der Waals surface area contributed by atoms with E-state index >= 15 is 0 Å². The zero-order valence-electron chi connectivity index (χ0n) is 7.79. The number of aromatic nitrogens is 1. The lowest BCUT2D eigenvalue weighted by Gasteiger charge is -2.08. The molecule has 13 heavy (non-hydrogen) atoms. The Morgan fingerprint density at radius 3 is 3.08 bits per heavy atom. The number of carbonyl (C=O) groups excluding carboxylic acids is 1. The highest BCUT2D eigenvalue weighted by Gasteiger charge is 2.22. The van der Waals surface area contributed by atoms with Crippen LogP contribution in [0, 0.1) is 0 Å². The van der Waals surface area contributed by atoms with Crippen LogP contribution in [0.1, 0.15) is 32.3 Å². The fourth-order valence-corrected chi connectivity index (χ4v) is 1.68. The third kappa shape index (κ3) is 1.30. The van der Waals surface area contributed by atoms with E-state index in [1.54, 1.807) is 6.20 Å². The first-order chi connectivity index (χ1) is 6.18. The molecule has 1 aromatic heterocycles. The largest absolute Gasteiger partial charge is 0.310 e. The molecule has 0 aromatic carbocycles. The minimum absolute atomic E-state index is 0. The average Bonchev–Trinajstić information content (AvgIpc) is 2.43. The van der Waals surface area contributed by atoms with Crippen LogP contribution in [0.2, 0.25) is 0 Å². The number of carbonyl (C=O) groups is 1. The van der Waals surface area contributed by atoms with E-state index in [4.69, 9.17) is 0 Å². The van der Waals surface area contributed by atoms with Crippen molar-refractivity contribution in [2.75, 3.05) is 5.32 Å². The van der Waals surface area contributed by atoms with Crippen LogP contribution < -0.4 is 5.32 Å². The Bertz CT molecular complexity index is 363. The molecule has 0 unspecified atom stereocenters. The number of nitrogens with zero attached hydrogens (tertiary/aromatic N) is 1. The van der Waals surface area contributed by atoms with E-state index in [0.29, 0.717) is 12.3 Å². The molecule has 1 N–H and O–H groups in total. The van der Waals surface area contributed by atoms with Crippen molar-refractivity contribution in [1.82, 2.24) is 4.98 Å². The highest BCUT2D eigenvalue weighted by atomic mass is 16.1. The van der Waals surface area contributed by atoms with Crippen LogP contribution in [-0.2, 0) is 11.2 Å². The molecule has 2 rings (SSSR count). The van der Waals surface area contributed by atoms with Gasteiger partial charge in [0.05, 0.1) is 6.42 Å². The van der Waals surface area contributed by atoms with Crippen molar-refractivity contribution in [3.8, 4) is 0 Å². The van der Waals surface area contributed by atoms with Crippen molar-refractivity contribution < 1.29 is 6.22 Å². The van der Waals surface area contributed by atoms with E-state index in [0.717, 1.165) is 11.4 Å². The number of anilines is 1. The highest BCUT2D eigenvalue weighted by Crippen LogP contribution is 2.28. The number of rotatable bonds is 1. The standard InChI is InChI=1S/C10H12N2O.H2/c1-6(2)7-3-4-11-10-8(7)5-9(13)12-10;/h3-4,6H,5H2,1-2H3,(H,11,12,13);1H. The lowest BCUT2D eigenvalue weighted by molar-refractivity contribution is -0.115. The second-order valence-electron chi connectivity index (χ2n) is 3.61. The van der Waals surface area contributed by atoms with Crippen LogP contribution in [0.4, 0.5) is 5.82 Å². The molecule has 0 fully saturated rings. The summed E-state index contributed by atoms with van der Waals surface area (Å²) in [6.45, 7) is 4.25. The maximum atomic E-state index is 11.1. The maximum absolute atomic E-state index is 11.1. The summed E-state index contributed by atoms with van der Waals surface area (Å²) >= 11 is 0. The zero-order valence-corrected chi connectivity index (χ0v) is 7.79. The summed E-state index contributed by atoms with van der Waals surface area (Å²) in [5.41, 5.74) is 2.30. The predicted octanol–water partition coefficient (Wildman–Crippen LogP) is 1.95. The summed E-state index contributed by atoms with van der Waals surface area (Å²) < 4.78 is 0. The van der Waals surface area contributed by atoms with Crippen LogP contribution in [0.25, 0.3) is 0 Å². The quantitative estimate of drug-likeness (QED) is 0.714. The number of fused-ring (bicyclic) bond motifs is 1. The van der Waals surface area contributed by atoms with Crippen molar-refractivity contribution in [2.45, 2.75) is 26.2 Å². The number of pyridine rings is 1. The molecule has 0 radical (unpaired) electrons. The Labute approximate surface area is 78.7 Å². The van der Waals surface area contributed by atoms with Crippen LogP contribution in [0.3, 0.4) is 0 Å². The average molecular weight is 178 g/mol. The van der Waals surface area contributed by atoms with Crippen molar-refractivity contribution in [1.29, 1.82) is 0 Å². The second-order valence-corrected chi connectivity index (χ2v) is 3.61. The lowest BCUT2D eigenvalue weighted by Crippen LogP contribution is -2.04. The van der Waals surface area contributed by atoms with E-state index in [-0.39, 0.29) is 7.33 Å². The van der Waals surface area contributed by atoms with E-state index < -0.39 is 0 Å². The Hall–Kier alpha value is -1.38. The van der Waals surface area contributed by atoms with Crippen LogP contribution in [-0.4, -0.2) is 10.9 Å². The summed E-state index contributed by atoms with van der Waals surface area (Å²) in [4.78, 5) is 15.2. The molecule has 0 aliphatic carbocycles. The van der Waals surface area contributed by atoms with Gasteiger partial charge in [-0.1, -0.05) is 13.8 Å². The fourth-order valence-electron chi connectivity index (χ4n) is 1.68. The zero-order chi connectivity index (χ0) is 9.42. The van der Waals surface area contributed by atoms with Gasteiger partial charge < -0.3 is 5.32 Å². The monoisotopic (exact) mass is 178 g/mol. The lowest BCUT2D eigenvalue weighted by atomic mass is 9.98. The van der Waals surface area contributed by atoms with Gasteiger partial charge in [-0.3, -0.25) is 4.79 Å². The summed E-state index contributed by atoms with van der Waals surface area (Å²) in [6, 6.07) is 1.99. The molecule has 3 heteroatoms.